The molecule has 1 N–H and O–H groups in total. The zero-order valence-electron chi connectivity index (χ0n) is 9.75. The standard InChI is InChI=1S/C12H14N2O2S/c1-14(12-13-7-11(8-15)17-12)9-4-3-5-10(6-9)16-2/h3-7,15H,8H2,1-2H3. The lowest BCUT2D eigenvalue weighted by atomic mass is 10.3. The predicted molar refractivity (Wildman–Crippen MR) is 69.1 cm³/mol. The van der Waals surface area contributed by atoms with Gasteiger partial charge in [0.25, 0.3) is 0 Å². The second kappa shape index (κ2) is 5.16. The Bertz CT molecular complexity index is 499. The first-order chi connectivity index (χ1) is 8.24. The van der Waals surface area contributed by atoms with Crippen LogP contribution in [0.2, 0.25) is 0 Å². The second-order valence-electron chi connectivity index (χ2n) is 3.53. The van der Waals surface area contributed by atoms with Crippen molar-refractivity contribution in [2.45, 2.75) is 6.61 Å². The van der Waals surface area contributed by atoms with Gasteiger partial charge in [-0.1, -0.05) is 17.4 Å². The SMILES string of the molecule is COc1cccc(N(C)c2ncc(CO)s2)c1. The third kappa shape index (κ3) is 2.57. The molecule has 0 radical (unpaired) electrons. The first kappa shape index (κ1) is 11.9. The Morgan fingerprint density at radius 3 is 2.94 bits per heavy atom. The molecule has 0 fully saturated rings. The van der Waals surface area contributed by atoms with E-state index < -0.39 is 0 Å². The molecule has 1 aromatic carbocycles. The Morgan fingerprint density at radius 2 is 2.29 bits per heavy atom. The summed E-state index contributed by atoms with van der Waals surface area (Å²) in [5, 5.41) is 9.87. The molecule has 5 heteroatoms. The highest BCUT2D eigenvalue weighted by atomic mass is 32.1. The normalized spacial score (nSPS) is 10.3. The highest BCUT2D eigenvalue weighted by molar-refractivity contribution is 7.15. The Morgan fingerprint density at radius 1 is 1.47 bits per heavy atom. The maximum absolute atomic E-state index is 9.02. The van der Waals surface area contributed by atoms with Crippen molar-refractivity contribution in [2.75, 3.05) is 19.1 Å². The summed E-state index contributed by atoms with van der Waals surface area (Å²) in [7, 11) is 3.58. The smallest absolute Gasteiger partial charge is 0.189 e. The molecule has 0 saturated carbocycles. The van der Waals surface area contributed by atoms with Crippen LogP contribution in [0.1, 0.15) is 4.88 Å². The zero-order chi connectivity index (χ0) is 12.3. The molecule has 0 bridgehead atoms. The summed E-state index contributed by atoms with van der Waals surface area (Å²) in [6, 6.07) is 7.77. The molecule has 17 heavy (non-hydrogen) atoms. The summed E-state index contributed by atoms with van der Waals surface area (Å²) >= 11 is 1.47. The fraction of sp³-hybridized carbons (Fsp3) is 0.250. The summed E-state index contributed by atoms with van der Waals surface area (Å²) < 4.78 is 5.18. The van der Waals surface area contributed by atoms with Gasteiger partial charge in [0.1, 0.15) is 5.75 Å². The summed E-state index contributed by atoms with van der Waals surface area (Å²) in [5.41, 5.74) is 1.00. The number of rotatable bonds is 4. The molecule has 4 nitrogen and oxygen atoms in total. The van der Waals surface area contributed by atoms with E-state index in [1.54, 1.807) is 13.3 Å². The fourth-order valence-corrected chi connectivity index (χ4v) is 2.21. The Labute approximate surface area is 104 Å². The van der Waals surface area contributed by atoms with Gasteiger partial charge in [-0.05, 0) is 12.1 Å². The van der Waals surface area contributed by atoms with Gasteiger partial charge in [0.2, 0.25) is 0 Å². The number of aliphatic hydroxyl groups excluding tert-OH is 1. The molecule has 0 unspecified atom stereocenters. The van der Waals surface area contributed by atoms with Crippen LogP contribution in [0.25, 0.3) is 0 Å². The van der Waals surface area contributed by atoms with Crippen LogP contribution in [0.3, 0.4) is 0 Å². The number of ether oxygens (including phenoxy) is 1. The number of thiazole rings is 1. The minimum atomic E-state index is 0.0314. The molecule has 2 aromatic rings. The number of hydrogen-bond donors (Lipinski definition) is 1. The molecule has 0 spiro atoms. The third-order valence-corrected chi connectivity index (χ3v) is 3.48. The van der Waals surface area contributed by atoms with Crippen LogP contribution in [0.5, 0.6) is 5.75 Å². The largest absolute Gasteiger partial charge is 0.497 e. The van der Waals surface area contributed by atoms with Crippen LogP contribution in [0.4, 0.5) is 10.8 Å². The molecule has 0 aliphatic heterocycles. The summed E-state index contributed by atoms with van der Waals surface area (Å²) in [6.07, 6.45) is 1.69. The van der Waals surface area contributed by atoms with Crippen molar-refractivity contribution in [3.63, 3.8) is 0 Å². The number of aromatic nitrogens is 1. The maximum Gasteiger partial charge on any atom is 0.189 e. The van der Waals surface area contributed by atoms with Crippen molar-refractivity contribution in [1.82, 2.24) is 4.98 Å². The van der Waals surface area contributed by atoms with E-state index in [1.165, 1.54) is 11.3 Å². The Kier molecular flexibility index (Phi) is 3.61. The minimum absolute atomic E-state index is 0.0314. The molecule has 0 amide bonds. The van der Waals surface area contributed by atoms with Crippen molar-refractivity contribution in [3.8, 4) is 5.75 Å². The van der Waals surface area contributed by atoms with Gasteiger partial charge < -0.3 is 14.7 Å². The van der Waals surface area contributed by atoms with Crippen molar-refractivity contribution < 1.29 is 9.84 Å². The topological polar surface area (TPSA) is 45.6 Å². The average molecular weight is 250 g/mol. The first-order valence-corrected chi connectivity index (χ1v) is 5.99. The van der Waals surface area contributed by atoms with E-state index in [2.05, 4.69) is 4.98 Å². The van der Waals surface area contributed by atoms with Crippen LogP contribution >= 0.6 is 11.3 Å². The number of aliphatic hydroxyl groups is 1. The van der Waals surface area contributed by atoms with Crippen LogP contribution in [-0.2, 0) is 6.61 Å². The number of methoxy groups -OCH3 is 1. The summed E-state index contributed by atoms with van der Waals surface area (Å²) in [4.78, 5) is 7.08. The van der Waals surface area contributed by atoms with E-state index in [0.717, 1.165) is 21.4 Å². The van der Waals surface area contributed by atoms with E-state index >= 15 is 0 Å². The van der Waals surface area contributed by atoms with Crippen LogP contribution in [0, 0.1) is 0 Å². The molecular weight excluding hydrogens is 236 g/mol. The summed E-state index contributed by atoms with van der Waals surface area (Å²) in [5.74, 6) is 0.813. The monoisotopic (exact) mass is 250 g/mol. The van der Waals surface area contributed by atoms with Crippen LogP contribution in [-0.4, -0.2) is 24.2 Å². The van der Waals surface area contributed by atoms with Crippen LogP contribution in [0.15, 0.2) is 30.5 Å². The molecule has 0 aliphatic carbocycles. The Hall–Kier alpha value is -1.59. The van der Waals surface area contributed by atoms with E-state index in [1.807, 2.05) is 36.2 Å². The number of anilines is 2. The molecular formula is C12H14N2O2S. The lowest BCUT2D eigenvalue weighted by Crippen LogP contribution is -2.08. The van der Waals surface area contributed by atoms with E-state index in [9.17, 15) is 0 Å². The molecule has 90 valence electrons. The van der Waals surface area contributed by atoms with E-state index in [0.29, 0.717) is 0 Å². The van der Waals surface area contributed by atoms with Crippen molar-refractivity contribution in [3.05, 3.63) is 35.3 Å². The van der Waals surface area contributed by atoms with Gasteiger partial charge in [0.15, 0.2) is 5.13 Å². The maximum atomic E-state index is 9.02. The number of hydrogen-bond acceptors (Lipinski definition) is 5. The molecule has 0 saturated heterocycles. The number of benzene rings is 1. The minimum Gasteiger partial charge on any atom is -0.497 e. The highest BCUT2D eigenvalue weighted by Gasteiger charge is 2.09. The highest BCUT2D eigenvalue weighted by Crippen LogP contribution is 2.29. The van der Waals surface area contributed by atoms with Gasteiger partial charge in [0, 0.05) is 25.0 Å². The van der Waals surface area contributed by atoms with Gasteiger partial charge in [-0.25, -0.2) is 4.98 Å². The van der Waals surface area contributed by atoms with E-state index in [4.69, 9.17) is 9.84 Å². The van der Waals surface area contributed by atoms with Gasteiger partial charge >= 0.3 is 0 Å². The second-order valence-corrected chi connectivity index (χ2v) is 4.62. The Balaban J connectivity index is 2.26. The molecule has 0 atom stereocenters. The fourth-order valence-electron chi connectivity index (χ4n) is 1.45. The molecule has 1 aromatic heterocycles. The quantitative estimate of drug-likeness (QED) is 0.905. The van der Waals surface area contributed by atoms with E-state index in [-0.39, 0.29) is 6.61 Å². The van der Waals surface area contributed by atoms with Gasteiger partial charge in [-0.2, -0.15) is 0 Å². The third-order valence-electron chi connectivity index (χ3n) is 2.42. The molecule has 1 heterocycles. The average Bonchev–Trinajstić information content (AvgIpc) is 2.86. The molecule has 0 aliphatic rings. The van der Waals surface area contributed by atoms with Gasteiger partial charge in [-0.15, -0.1) is 0 Å². The summed E-state index contributed by atoms with van der Waals surface area (Å²) in [6.45, 7) is 0.0314. The van der Waals surface area contributed by atoms with Crippen molar-refractivity contribution in [2.24, 2.45) is 0 Å². The lowest BCUT2D eigenvalue weighted by Gasteiger charge is -2.16. The predicted octanol–water partition coefficient (Wildman–Crippen LogP) is 2.41. The zero-order valence-corrected chi connectivity index (χ0v) is 10.6. The number of nitrogens with zero attached hydrogens (tertiary/aromatic N) is 2. The first-order valence-electron chi connectivity index (χ1n) is 5.18. The molecule has 2 rings (SSSR count). The van der Waals surface area contributed by atoms with Gasteiger partial charge in [0.05, 0.1) is 18.6 Å². The van der Waals surface area contributed by atoms with Crippen molar-refractivity contribution in [1.29, 1.82) is 0 Å². The van der Waals surface area contributed by atoms with Crippen LogP contribution < -0.4 is 9.64 Å². The van der Waals surface area contributed by atoms with Crippen molar-refractivity contribution >= 4 is 22.2 Å². The lowest BCUT2D eigenvalue weighted by molar-refractivity contribution is 0.285. The van der Waals surface area contributed by atoms with Gasteiger partial charge in [-0.3, -0.25) is 0 Å².